The second-order valence-electron chi connectivity index (χ2n) is 3.77. The van der Waals surface area contributed by atoms with Crippen molar-refractivity contribution >= 4 is 44.6 Å². The summed E-state index contributed by atoms with van der Waals surface area (Å²) in [6.07, 6.45) is 0. The van der Waals surface area contributed by atoms with Crippen LogP contribution in [0.3, 0.4) is 0 Å². The van der Waals surface area contributed by atoms with Crippen molar-refractivity contribution in [3.63, 3.8) is 0 Å². The van der Waals surface area contributed by atoms with Crippen molar-refractivity contribution in [3.8, 4) is 11.1 Å². The van der Waals surface area contributed by atoms with Crippen molar-refractivity contribution < 1.29 is 0 Å². The van der Waals surface area contributed by atoms with Gasteiger partial charge in [0, 0.05) is 31.3 Å². The van der Waals surface area contributed by atoms with Crippen LogP contribution in [0.5, 0.6) is 0 Å². The maximum atomic E-state index is 6.24. The van der Waals surface area contributed by atoms with Crippen molar-refractivity contribution in [2.75, 3.05) is 0 Å². The summed E-state index contributed by atoms with van der Waals surface area (Å²) >= 11 is 13.9. The van der Waals surface area contributed by atoms with Crippen molar-refractivity contribution in [1.82, 2.24) is 0 Å². The molecule has 3 aromatic rings. The fraction of sp³-hybridized carbons (Fsp3) is 0. The van der Waals surface area contributed by atoms with E-state index in [1.54, 1.807) is 17.4 Å². The zero-order chi connectivity index (χ0) is 11.8. The molecule has 0 bridgehead atoms. The summed E-state index contributed by atoms with van der Waals surface area (Å²) in [7, 11) is 0. The molecule has 0 unspecified atom stereocenters. The van der Waals surface area contributed by atoms with Crippen LogP contribution in [0.1, 0.15) is 0 Å². The third-order valence-corrected chi connectivity index (χ3v) is 4.21. The Morgan fingerprint density at radius 3 is 2.53 bits per heavy atom. The summed E-state index contributed by atoms with van der Waals surface area (Å²) in [6.45, 7) is 0. The average molecular weight is 279 g/mol. The van der Waals surface area contributed by atoms with E-state index >= 15 is 0 Å². The monoisotopic (exact) mass is 278 g/mol. The van der Waals surface area contributed by atoms with E-state index in [9.17, 15) is 0 Å². The number of rotatable bonds is 1. The molecule has 0 aliphatic heterocycles. The fourth-order valence-corrected chi connectivity index (χ4v) is 3.37. The molecule has 0 fully saturated rings. The predicted octanol–water partition coefficient (Wildman–Crippen LogP) is 5.88. The molecular formula is C14H8Cl2S. The van der Waals surface area contributed by atoms with Crippen LogP contribution in [-0.4, -0.2) is 0 Å². The van der Waals surface area contributed by atoms with E-state index in [1.165, 1.54) is 15.6 Å². The van der Waals surface area contributed by atoms with Gasteiger partial charge in [0.2, 0.25) is 0 Å². The van der Waals surface area contributed by atoms with Crippen LogP contribution in [0, 0.1) is 0 Å². The smallest absolute Gasteiger partial charge is 0.0499 e. The lowest BCUT2D eigenvalue weighted by Gasteiger charge is -2.03. The van der Waals surface area contributed by atoms with Crippen molar-refractivity contribution in [1.29, 1.82) is 0 Å². The minimum atomic E-state index is 0.665. The van der Waals surface area contributed by atoms with Gasteiger partial charge in [-0.2, -0.15) is 0 Å². The lowest BCUT2D eigenvalue weighted by atomic mass is 10.1. The molecule has 0 radical (unpaired) electrons. The second-order valence-corrected chi connectivity index (χ2v) is 5.52. The van der Waals surface area contributed by atoms with E-state index in [0.717, 1.165) is 5.56 Å². The maximum absolute atomic E-state index is 6.24. The molecule has 0 N–H and O–H groups in total. The van der Waals surface area contributed by atoms with Gasteiger partial charge in [-0.05, 0) is 23.6 Å². The van der Waals surface area contributed by atoms with E-state index in [1.807, 2.05) is 24.3 Å². The summed E-state index contributed by atoms with van der Waals surface area (Å²) < 4.78 is 1.27. The molecule has 2 aromatic carbocycles. The molecule has 84 valence electrons. The Kier molecular flexibility index (Phi) is 2.83. The van der Waals surface area contributed by atoms with Crippen LogP contribution in [0.25, 0.3) is 21.2 Å². The Morgan fingerprint density at radius 2 is 1.71 bits per heavy atom. The Morgan fingerprint density at radius 1 is 0.882 bits per heavy atom. The van der Waals surface area contributed by atoms with Crippen molar-refractivity contribution in [2.24, 2.45) is 0 Å². The van der Waals surface area contributed by atoms with Gasteiger partial charge in [-0.3, -0.25) is 0 Å². The maximum Gasteiger partial charge on any atom is 0.0499 e. The molecule has 0 amide bonds. The third-order valence-electron chi connectivity index (χ3n) is 2.70. The quantitative estimate of drug-likeness (QED) is 0.522. The Bertz CT molecular complexity index is 686. The first-order chi connectivity index (χ1) is 8.25. The van der Waals surface area contributed by atoms with Gasteiger partial charge in [-0.25, -0.2) is 0 Å². The van der Waals surface area contributed by atoms with E-state index in [4.69, 9.17) is 23.2 Å². The van der Waals surface area contributed by atoms with Gasteiger partial charge in [-0.1, -0.05) is 47.5 Å². The number of benzene rings is 2. The Hall–Kier alpha value is -1.02. The second kappa shape index (κ2) is 4.34. The molecule has 0 nitrogen and oxygen atoms in total. The Balaban J connectivity index is 2.27. The van der Waals surface area contributed by atoms with E-state index in [-0.39, 0.29) is 0 Å². The molecule has 0 aliphatic rings. The summed E-state index contributed by atoms with van der Waals surface area (Å²) in [5.41, 5.74) is 2.21. The minimum Gasteiger partial charge on any atom is -0.143 e. The molecular weight excluding hydrogens is 271 g/mol. The van der Waals surface area contributed by atoms with Gasteiger partial charge in [0.15, 0.2) is 0 Å². The topological polar surface area (TPSA) is 0 Å². The standard InChI is InChI=1S/C14H8Cl2S/c15-9-5-6-10(13(16)7-9)12-8-17-14-4-2-1-3-11(12)14/h1-8H. The highest BCUT2D eigenvalue weighted by Gasteiger charge is 2.09. The van der Waals surface area contributed by atoms with Gasteiger partial charge in [-0.15, -0.1) is 11.3 Å². The highest BCUT2D eigenvalue weighted by molar-refractivity contribution is 7.17. The van der Waals surface area contributed by atoms with Crippen LogP contribution in [0.4, 0.5) is 0 Å². The van der Waals surface area contributed by atoms with Crippen LogP contribution >= 0.6 is 34.5 Å². The summed E-state index contributed by atoms with van der Waals surface area (Å²) in [5.74, 6) is 0. The van der Waals surface area contributed by atoms with Crippen LogP contribution in [0.2, 0.25) is 10.0 Å². The summed E-state index contributed by atoms with van der Waals surface area (Å²) in [5, 5.41) is 4.74. The van der Waals surface area contributed by atoms with E-state index in [0.29, 0.717) is 10.0 Å². The van der Waals surface area contributed by atoms with Gasteiger partial charge in [0.1, 0.15) is 0 Å². The number of hydrogen-bond acceptors (Lipinski definition) is 1. The zero-order valence-corrected chi connectivity index (χ0v) is 11.1. The SMILES string of the molecule is Clc1ccc(-c2csc3ccccc23)c(Cl)c1. The fourth-order valence-electron chi connectivity index (χ4n) is 1.89. The molecule has 1 aromatic heterocycles. The normalized spacial score (nSPS) is 10.9. The molecule has 3 heteroatoms. The molecule has 0 spiro atoms. The number of hydrogen-bond donors (Lipinski definition) is 0. The first-order valence-corrected chi connectivity index (χ1v) is 6.81. The largest absolute Gasteiger partial charge is 0.143 e. The molecule has 3 rings (SSSR count). The van der Waals surface area contributed by atoms with Crippen LogP contribution in [0.15, 0.2) is 47.8 Å². The van der Waals surface area contributed by atoms with Gasteiger partial charge in [0.25, 0.3) is 0 Å². The molecule has 17 heavy (non-hydrogen) atoms. The van der Waals surface area contributed by atoms with E-state index in [2.05, 4.69) is 17.5 Å². The number of halogens is 2. The molecule has 0 saturated heterocycles. The highest BCUT2D eigenvalue weighted by atomic mass is 35.5. The lowest BCUT2D eigenvalue weighted by molar-refractivity contribution is 1.68. The molecule has 0 saturated carbocycles. The van der Waals surface area contributed by atoms with Crippen LogP contribution < -0.4 is 0 Å². The highest BCUT2D eigenvalue weighted by Crippen LogP contribution is 2.38. The van der Waals surface area contributed by atoms with Crippen molar-refractivity contribution in [3.05, 3.63) is 57.9 Å². The molecule has 0 atom stereocenters. The van der Waals surface area contributed by atoms with Crippen LogP contribution in [-0.2, 0) is 0 Å². The van der Waals surface area contributed by atoms with Gasteiger partial charge < -0.3 is 0 Å². The zero-order valence-electron chi connectivity index (χ0n) is 8.78. The summed E-state index contributed by atoms with van der Waals surface area (Å²) in [4.78, 5) is 0. The van der Waals surface area contributed by atoms with E-state index < -0.39 is 0 Å². The minimum absolute atomic E-state index is 0.665. The first-order valence-electron chi connectivity index (χ1n) is 5.17. The van der Waals surface area contributed by atoms with Gasteiger partial charge >= 0.3 is 0 Å². The first kappa shape index (κ1) is 11.1. The lowest BCUT2D eigenvalue weighted by Crippen LogP contribution is -1.77. The predicted molar refractivity (Wildman–Crippen MR) is 77.3 cm³/mol. The third kappa shape index (κ3) is 1.95. The number of fused-ring (bicyclic) bond motifs is 1. The van der Waals surface area contributed by atoms with Crippen molar-refractivity contribution in [2.45, 2.75) is 0 Å². The van der Waals surface area contributed by atoms with Gasteiger partial charge in [0.05, 0.1) is 0 Å². The Labute approximate surface area is 113 Å². The number of thiophene rings is 1. The summed E-state index contributed by atoms with van der Waals surface area (Å²) in [6, 6.07) is 14.0. The molecule has 1 heterocycles. The molecule has 0 aliphatic carbocycles. The average Bonchev–Trinajstić information content (AvgIpc) is 2.73.